The predicted octanol–water partition coefficient (Wildman–Crippen LogP) is 2.49. The molecule has 88 valence electrons. The maximum atomic E-state index is 10.6. The third-order valence-corrected chi connectivity index (χ3v) is 2.53. The van der Waals surface area contributed by atoms with E-state index in [2.05, 4.69) is 11.9 Å². The Kier molecular flexibility index (Phi) is 4.01. The Balaban J connectivity index is 2.59. The summed E-state index contributed by atoms with van der Waals surface area (Å²) in [5, 5.41) is 8.70. The standard InChI is InChI=1S/C12H17NO3/c1-4-12(2,3)16-8-10-6-5-9(7-13-10)11(14)15/h5-7H,4,8H2,1-3H3,(H,14,15). The normalized spacial score (nSPS) is 11.4. The van der Waals surface area contributed by atoms with Gasteiger partial charge in [0.05, 0.1) is 23.5 Å². The molecule has 0 aliphatic rings. The molecule has 1 rings (SSSR count). The van der Waals surface area contributed by atoms with Crippen molar-refractivity contribution in [3.05, 3.63) is 29.6 Å². The Morgan fingerprint density at radius 1 is 1.50 bits per heavy atom. The van der Waals surface area contributed by atoms with Crippen LogP contribution in [-0.4, -0.2) is 21.7 Å². The molecular weight excluding hydrogens is 206 g/mol. The Hall–Kier alpha value is -1.42. The van der Waals surface area contributed by atoms with E-state index in [1.807, 2.05) is 13.8 Å². The quantitative estimate of drug-likeness (QED) is 0.833. The Bertz CT molecular complexity index is 357. The van der Waals surface area contributed by atoms with Crippen LogP contribution in [0.1, 0.15) is 43.2 Å². The molecule has 0 aliphatic carbocycles. The monoisotopic (exact) mass is 223 g/mol. The van der Waals surface area contributed by atoms with Crippen molar-refractivity contribution in [3.8, 4) is 0 Å². The van der Waals surface area contributed by atoms with Crippen LogP contribution in [0.15, 0.2) is 18.3 Å². The number of aromatic nitrogens is 1. The molecule has 1 N–H and O–H groups in total. The zero-order valence-electron chi connectivity index (χ0n) is 9.86. The van der Waals surface area contributed by atoms with E-state index >= 15 is 0 Å². The fourth-order valence-corrected chi connectivity index (χ4v) is 1.01. The van der Waals surface area contributed by atoms with E-state index < -0.39 is 5.97 Å². The highest BCUT2D eigenvalue weighted by Gasteiger charge is 2.15. The van der Waals surface area contributed by atoms with Crippen LogP contribution in [-0.2, 0) is 11.3 Å². The highest BCUT2D eigenvalue weighted by molar-refractivity contribution is 5.87. The third-order valence-electron chi connectivity index (χ3n) is 2.53. The van der Waals surface area contributed by atoms with Gasteiger partial charge >= 0.3 is 5.97 Å². The summed E-state index contributed by atoms with van der Waals surface area (Å²) in [6.45, 7) is 6.49. The first kappa shape index (κ1) is 12.6. The lowest BCUT2D eigenvalue weighted by molar-refractivity contribution is -0.0330. The maximum Gasteiger partial charge on any atom is 0.337 e. The summed E-state index contributed by atoms with van der Waals surface area (Å²) in [4.78, 5) is 14.6. The minimum atomic E-state index is -0.964. The lowest BCUT2D eigenvalue weighted by atomic mass is 10.1. The van der Waals surface area contributed by atoms with Crippen LogP contribution >= 0.6 is 0 Å². The molecular formula is C12H17NO3. The molecule has 1 aromatic rings. The Labute approximate surface area is 95.3 Å². The zero-order chi connectivity index (χ0) is 12.2. The Morgan fingerprint density at radius 2 is 2.19 bits per heavy atom. The van der Waals surface area contributed by atoms with Gasteiger partial charge in [0.1, 0.15) is 0 Å². The number of hydrogen-bond donors (Lipinski definition) is 1. The molecule has 0 aromatic carbocycles. The Morgan fingerprint density at radius 3 is 2.62 bits per heavy atom. The van der Waals surface area contributed by atoms with Crippen LogP contribution < -0.4 is 0 Å². The number of nitrogens with zero attached hydrogens (tertiary/aromatic N) is 1. The number of carbonyl (C=O) groups is 1. The number of carboxylic acids is 1. The molecule has 1 aromatic heterocycles. The highest BCUT2D eigenvalue weighted by atomic mass is 16.5. The van der Waals surface area contributed by atoms with E-state index in [-0.39, 0.29) is 11.2 Å². The van der Waals surface area contributed by atoms with Crippen molar-refractivity contribution in [2.24, 2.45) is 0 Å². The molecule has 0 unspecified atom stereocenters. The van der Waals surface area contributed by atoms with E-state index in [0.29, 0.717) is 6.61 Å². The van der Waals surface area contributed by atoms with E-state index in [1.165, 1.54) is 12.3 Å². The van der Waals surface area contributed by atoms with Crippen LogP contribution in [0.2, 0.25) is 0 Å². The van der Waals surface area contributed by atoms with Gasteiger partial charge in [0.15, 0.2) is 0 Å². The van der Waals surface area contributed by atoms with Crippen LogP contribution in [0, 0.1) is 0 Å². The number of rotatable bonds is 5. The van der Waals surface area contributed by atoms with Crippen molar-refractivity contribution in [2.45, 2.75) is 39.4 Å². The topological polar surface area (TPSA) is 59.4 Å². The van der Waals surface area contributed by atoms with Gasteiger partial charge in [-0.2, -0.15) is 0 Å². The lowest BCUT2D eigenvalue weighted by Crippen LogP contribution is -2.22. The third kappa shape index (κ3) is 3.62. The van der Waals surface area contributed by atoms with E-state index in [0.717, 1.165) is 12.1 Å². The highest BCUT2D eigenvalue weighted by Crippen LogP contribution is 2.15. The summed E-state index contributed by atoms with van der Waals surface area (Å²) >= 11 is 0. The molecule has 0 aliphatic heterocycles. The molecule has 0 atom stereocenters. The van der Waals surface area contributed by atoms with Crippen LogP contribution in [0.25, 0.3) is 0 Å². The molecule has 0 radical (unpaired) electrons. The largest absolute Gasteiger partial charge is 0.478 e. The van der Waals surface area contributed by atoms with Gasteiger partial charge in [0.2, 0.25) is 0 Å². The lowest BCUT2D eigenvalue weighted by Gasteiger charge is -2.23. The van der Waals surface area contributed by atoms with Crippen molar-refractivity contribution >= 4 is 5.97 Å². The summed E-state index contributed by atoms with van der Waals surface area (Å²) < 4.78 is 5.66. The predicted molar refractivity (Wildman–Crippen MR) is 60.4 cm³/mol. The molecule has 0 saturated heterocycles. The fourth-order valence-electron chi connectivity index (χ4n) is 1.01. The van der Waals surface area contributed by atoms with Gasteiger partial charge in [-0.25, -0.2) is 4.79 Å². The van der Waals surface area contributed by atoms with Gasteiger partial charge in [-0.15, -0.1) is 0 Å². The van der Waals surface area contributed by atoms with E-state index in [9.17, 15) is 4.79 Å². The molecule has 0 saturated carbocycles. The summed E-state index contributed by atoms with van der Waals surface area (Å²) in [5.41, 5.74) is 0.762. The van der Waals surface area contributed by atoms with Crippen molar-refractivity contribution in [1.82, 2.24) is 4.98 Å². The van der Waals surface area contributed by atoms with Crippen molar-refractivity contribution < 1.29 is 14.6 Å². The average Bonchev–Trinajstić information content (AvgIpc) is 2.27. The first-order valence-corrected chi connectivity index (χ1v) is 5.27. The van der Waals surface area contributed by atoms with Gasteiger partial charge < -0.3 is 9.84 Å². The van der Waals surface area contributed by atoms with Crippen molar-refractivity contribution in [1.29, 1.82) is 0 Å². The van der Waals surface area contributed by atoms with E-state index in [4.69, 9.17) is 9.84 Å². The summed E-state index contributed by atoms with van der Waals surface area (Å²) in [5.74, 6) is -0.964. The van der Waals surface area contributed by atoms with Gasteiger partial charge in [0.25, 0.3) is 0 Å². The maximum absolute atomic E-state index is 10.6. The zero-order valence-corrected chi connectivity index (χ0v) is 9.86. The molecule has 0 amide bonds. The fraction of sp³-hybridized carbons (Fsp3) is 0.500. The molecule has 4 nitrogen and oxygen atoms in total. The molecule has 1 heterocycles. The van der Waals surface area contributed by atoms with Crippen LogP contribution in [0.4, 0.5) is 0 Å². The minimum absolute atomic E-state index is 0.173. The summed E-state index contributed by atoms with van der Waals surface area (Å²) in [6, 6.07) is 3.21. The number of ether oxygens (including phenoxy) is 1. The first-order chi connectivity index (χ1) is 7.44. The number of carboxylic acid groups (broad SMARTS) is 1. The van der Waals surface area contributed by atoms with Crippen LogP contribution in [0.3, 0.4) is 0 Å². The second-order valence-electron chi connectivity index (χ2n) is 4.25. The number of pyridine rings is 1. The second-order valence-corrected chi connectivity index (χ2v) is 4.25. The molecule has 4 heteroatoms. The van der Waals surface area contributed by atoms with Gasteiger partial charge in [-0.05, 0) is 32.4 Å². The number of hydrogen-bond acceptors (Lipinski definition) is 3. The van der Waals surface area contributed by atoms with Gasteiger partial charge in [0, 0.05) is 6.20 Å². The van der Waals surface area contributed by atoms with Gasteiger partial charge in [-0.1, -0.05) is 6.92 Å². The number of aromatic carboxylic acids is 1. The van der Waals surface area contributed by atoms with Crippen molar-refractivity contribution in [2.75, 3.05) is 0 Å². The van der Waals surface area contributed by atoms with Gasteiger partial charge in [-0.3, -0.25) is 4.98 Å². The van der Waals surface area contributed by atoms with Crippen molar-refractivity contribution in [3.63, 3.8) is 0 Å². The molecule has 0 spiro atoms. The van der Waals surface area contributed by atoms with E-state index in [1.54, 1.807) is 6.07 Å². The summed E-state index contributed by atoms with van der Waals surface area (Å²) in [7, 11) is 0. The van der Waals surface area contributed by atoms with Crippen LogP contribution in [0.5, 0.6) is 0 Å². The first-order valence-electron chi connectivity index (χ1n) is 5.27. The molecule has 16 heavy (non-hydrogen) atoms. The molecule has 0 bridgehead atoms. The average molecular weight is 223 g/mol. The molecule has 0 fully saturated rings. The summed E-state index contributed by atoms with van der Waals surface area (Å²) in [6.07, 6.45) is 2.26. The smallest absolute Gasteiger partial charge is 0.337 e. The minimum Gasteiger partial charge on any atom is -0.478 e. The SMILES string of the molecule is CCC(C)(C)OCc1ccc(C(=O)O)cn1. The second kappa shape index (κ2) is 5.07.